The summed E-state index contributed by atoms with van der Waals surface area (Å²) in [4.78, 5) is 0. The molecule has 0 saturated heterocycles. The van der Waals surface area contributed by atoms with Gasteiger partial charge in [-0.3, -0.25) is 0 Å². The molecule has 0 spiro atoms. The third kappa shape index (κ3) is 1.55. The molecule has 3 aromatic rings. The van der Waals surface area contributed by atoms with Gasteiger partial charge in [0.15, 0.2) is 0 Å². The van der Waals surface area contributed by atoms with Gasteiger partial charge in [-0.1, -0.05) is 32.0 Å². The number of hydrogen-bond acceptors (Lipinski definition) is 2. The first-order chi connectivity index (χ1) is 10.9. The molecule has 3 heteroatoms. The van der Waals surface area contributed by atoms with Crippen molar-refractivity contribution in [3.63, 3.8) is 0 Å². The van der Waals surface area contributed by atoms with Crippen LogP contribution in [0, 0.1) is 6.92 Å². The molecule has 0 unspecified atom stereocenters. The van der Waals surface area contributed by atoms with Crippen LogP contribution in [0.3, 0.4) is 0 Å². The molecule has 4 rings (SSSR count). The predicted octanol–water partition coefficient (Wildman–Crippen LogP) is 4.55. The summed E-state index contributed by atoms with van der Waals surface area (Å²) in [6, 6.07) is 10.7. The maximum absolute atomic E-state index is 6.54. The van der Waals surface area contributed by atoms with Gasteiger partial charge in [0, 0.05) is 33.1 Å². The Balaban J connectivity index is 2.34. The van der Waals surface area contributed by atoms with Crippen molar-refractivity contribution in [3.05, 3.63) is 47.2 Å². The van der Waals surface area contributed by atoms with Crippen molar-refractivity contribution >= 4 is 27.5 Å². The van der Waals surface area contributed by atoms with E-state index >= 15 is 0 Å². The molecule has 0 fully saturated rings. The molecule has 118 valence electrons. The molecule has 2 N–H and O–H groups in total. The summed E-state index contributed by atoms with van der Waals surface area (Å²) in [5.74, 6) is 0.911. The van der Waals surface area contributed by atoms with Crippen molar-refractivity contribution in [3.8, 4) is 5.75 Å². The summed E-state index contributed by atoms with van der Waals surface area (Å²) >= 11 is 0. The predicted molar refractivity (Wildman–Crippen MR) is 96.8 cm³/mol. The molecule has 0 radical (unpaired) electrons. The lowest BCUT2D eigenvalue weighted by Crippen LogP contribution is -2.31. The first kappa shape index (κ1) is 14.2. The van der Waals surface area contributed by atoms with E-state index in [9.17, 15) is 0 Å². The van der Waals surface area contributed by atoms with E-state index in [2.05, 4.69) is 62.6 Å². The van der Waals surface area contributed by atoms with Crippen LogP contribution in [0.25, 0.3) is 27.5 Å². The number of ether oxygens (including phenoxy) is 1. The zero-order chi connectivity index (χ0) is 16.5. The van der Waals surface area contributed by atoms with Gasteiger partial charge in [0.2, 0.25) is 0 Å². The third-order valence-corrected chi connectivity index (χ3v) is 5.45. The molecular formula is C20H22N2O. The standard InChI is InChI=1S/C20H22N2O/c1-11-16(23-5)10-9-14-13-7-6-8-15-18(13)22(17(11)14)12(2)19(21)20(15,3)4/h6-10H,21H2,1-5H3. The third-order valence-electron chi connectivity index (χ3n) is 5.45. The van der Waals surface area contributed by atoms with Gasteiger partial charge in [-0.15, -0.1) is 0 Å². The Morgan fingerprint density at radius 2 is 1.70 bits per heavy atom. The zero-order valence-electron chi connectivity index (χ0n) is 14.3. The van der Waals surface area contributed by atoms with E-state index in [1.807, 2.05) is 0 Å². The van der Waals surface area contributed by atoms with Crippen molar-refractivity contribution < 1.29 is 4.74 Å². The summed E-state index contributed by atoms with van der Waals surface area (Å²) < 4.78 is 7.86. The average Bonchev–Trinajstić information content (AvgIpc) is 2.88. The Kier molecular flexibility index (Phi) is 2.66. The quantitative estimate of drug-likeness (QED) is 0.716. The van der Waals surface area contributed by atoms with Crippen LogP contribution in [0.1, 0.15) is 31.9 Å². The minimum Gasteiger partial charge on any atom is -0.496 e. The minimum atomic E-state index is -0.161. The average molecular weight is 306 g/mol. The Hall–Kier alpha value is -2.42. The lowest BCUT2D eigenvalue weighted by Gasteiger charge is -2.34. The zero-order valence-corrected chi connectivity index (χ0v) is 14.3. The number of benzene rings is 2. The number of nitrogens with two attached hydrogens (primary N) is 1. The summed E-state index contributed by atoms with van der Waals surface area (Å²) in [6.45, 7) is 8.64. The highest BCUT2D eigenvalue weighted by molar-refractivity contribution is 6.13. The first-order valence-corrected chi connectivity index (χ1v) is 7.98. The molecule has 3 nitrogen and oxygen atoms in total. The molecule has 2 heterocycles. The van der Waals surface area contributed by atoms with Crippen LogP contribution in [-0.2, 0) is 5.41 Å². The highest BCUT2D eigenvalue weighted by Gasteiger charge is 2.34. The minimum absolute atomic E-state index is 0.161. The van der Waals surface area contributed by atoms with Gasteiger partial charge in [0.1, 0.15) is 5.75 Å². The second-order valence-corrected chi connectivity index (χ2v) is 6.95. The van der Waals surface area contributed by atoms with Gasteiger partial charge in [0.05, 0.1) is 18.1 Å². The van der Waals surface area contributed by atoms with Crippen molar-refractivity contribution in [1.29, 1.82) is 0 Å². The fraction of sp³-hybridized carbons (Fsp3) is 0.300. The van der Waals surface area contributed by atoms with E-state index in [0.29, 0.717) is 0 Å². The monoisotopic (exact) mass is 306 g/mol. The number of aryl methyl sites for hydroxylation is 1. The Bertz CT molecular complexity index is 1010. The van der Waals surface area contributed by atoms with Crippen LogP contribution in [0.4, 0.5) is 0 Å². The maximum Gasteiger partial charge on any atom is 0.123 e. The molecule has 0 aliphatic carbocycles. The number of methoxy groups -OCH3 is 1. The van der Waals surface area contributed by atoms with Gasteiger partial charge in [-0.2, -0.15) is 0 Å². The molecule has 1 aliphatic rings. The number of rotatable bonds is 1. The Morgan fingerprint density at radius 1 is 1.00 bits per heavy atom. The van der Waals surface area contributed by atoms with E-state index in [1.165, 1.54) is 27.4 Å². The van der Waals surface area contributed by atoms with Gasteiger partial charge < -0.3 is 15.0 Å². The summed E-state index contributed by atoms with van der Waals surface area (Å²) in [5.41, 5.74) is 13.3. The number of fused-ring (bicyclic) bond motifs is 3. The van der Waals surface area contributed by atoms with E-state index in [0.717, 1.165) is 22.7 Å². The maximum atomic E-state index is 6.54. The SMILES string of the molecule is COc1ccc2c3cccc4c3n(c2c1C)C(C)=C(N)C4(C)C. The summed E-state index contributed by atoms with van der Waals surface area (Å²) in [7, 11) is 1.72. The van der Waals surface area contributed by atoms with E-state index < -0.39 is 0 Å². The number of aromatic nitrogens is 1. The van der Waals surface area contributed by atoms with E-state index in [1.54, 1.807) is 7.11 Å². The summed E-state index contributed by atoms with van der Waals surface area (Å²) in [6.07, 6.45) is 0. The second kappa shape index (κ2) is 4.31. The van der Waals surface area contributed by atoms with Crippen molar-refractivity contribution in [2.75, 3.05) is 7.11 Å². The van der Waals surface area contributed by atoms with Gasteiger partial charge in [-0.25, -0.2) is 0 Å². The second-order valence-electron chi connectivity index (χ2n) is 6.95. The van der Waals surface area contributed by atoms with Gasteiger partial charge in [0.25, 0.3) is 0 Å². The van der Waals surface area contributed by atoms with Crippen LogP contribution in [0.5, 0.6) is 5.75 Å². The number of hydrogen-bond donors (Lipinski definition) is 1. The lowest BCUT2D eigenvalue weighted by molar-refractivity contribution is 0.412. The fourth-order valence-electron chi connectivity index (χ4n) is 4.08. The molecule has 0 saturated carbocycles. The lowest BCUT2D eigenvalue weighted by atomic mass is 9.78. The molecule has 1 aromatic heterocycles. The molecule has 23 heavy (non-hydrogen) atoms. The Labute approximate surface area is 136 Å². The molecule has 0 amide bonds. The van der Waals surface area contributed by atoms with Crippen molar-refractivity contribution in [2.24, 2.45) is 5.73 Å². The van der Waals surface area contributed by atoms with Crippen molar-refractivity contribution in [2.45, 2.75) is 33.1 Å². The van der Waals surface area contributed by atoms with E-state index in [4.69, 9.17) is 10.5 Å². The van der Waals surface area contributed by atoms with Crippen LogP contribution >= 0.6 is 0 Å². The summed E-state index contributed by atoms with van der Waals surface area (Å²) in [5, 5.41) is 2.54. The van der Waals surface area contributed by atoms with Crippen LogP contribution < -0.4 is 10.5 Å². The molecule has 0 bridgehead atoms. The number of nitrogens with zero attached hydrogens (tertiary/aromatic N) is 1. The number of para-hydroxylation sites is 1. The van der Waals surface area contributed by atoms with Crippen LogP contribution in [-0.4, -0.2) is 11.7 Å². The normalized spacial score (nSPS) is 16.4. The molecular weight excluding hydrogens is 284 g/mol. The van der Waals surface area contributed by atoms with Gasteiger partial charge in [-0.05, 0) is 31.5 Å². The highest BCUT2D eigenvalue weighted by Crippen LogP contribution is 2.46. The van der Waals surface area contributed by atoms with Gasteiger partial charge >= 0.3 is 0 Å². The topological polar surface area (TPSA) is 40.2 Å². The number of allylic oxidation sites excluding steroid dienone is 2. The Morgan fingerprint density at radius 3 is 2.39 bits per heavy atom. The fourth-order valence-corrected chi connectivity index (χ4v) is 4.08. The van der Waals surface area contributed by atoms with Crippen LogP contribution in [0.2, 0.25) is 0 Å². The van der Waals surface area contributed by atoms with E-state index in [-0.39, 0.29) is 5.41 Å². The molecule has 1 aliphatic heterocycles. The first-order valence-electron chi connectivity index (χ1n) is 7.98. The molecule has 2 aromatic carbocycles. The largest absolute Gasteiger partial charge is 0.496 e. The molecule has 0 atom stereocenters. The smallest absolute Gasteiger partial charge is 0.123 e. The van der Waals surface area contributed by atoms with Crippen LogP contribution in [0.15, 0.2) is 36.0 Å². The highest BCUT2D eigenvalue weighted by atomic mass is 16.5. The van der Waals surface area contributed by atoms with Crippen molar-refractivity contribution in [1.82, 2.24) is 4.57 Å².